The van der Waals surface area contributed by atoms with Gasteiger partial charge in [0.15, 0.2) is 0 Å². The van der Waals surface area contributed by atoms with E-state index in [4.69, 9.17) is 20.4 Å². The minimum atomic E-state index is -0.205. The zero-order chi connectivity index (χ0) is 30.0. The first-order valence-corrected chi connectivity index (χ1v) is 15.3. The first-order chi connectivity index (χ1) is 20.9. The van der Waals surface area contributed by atoms with Crippen LogP contribution in [-0.2, 0) is 10.2 Å². The average Bonchev–Trinajstić information content (AvgIpc) is 3.77. The molecule has 5 aromatic rings. The van der Waals surface area contributed by atoms with Crippen molar-refractivity contribution >= 4 is 40.2 Å². The van der Waals surface area contributed by atoms with Crippen LogP contribution in [0.2, 0.25) is 0 Å². The van der Waals surface area contributed by atoms with Crippen molar-refractivity contribution in [3.8, 4) is 11.4 Å². The van der Waals surface area contributed by atoms with E-state index in [1.807, 2.05) is 41.8 Å². The molecule has 1 fully saturated rings. The maximum atomic E-state index is 12.9. The second kappa shape index (κ2) is 12.0. The molecule has 1 aliphatic rings. The minimum Gasteiger partial charge on any atom is -0.397 e. The number of carbonyl (C=O) groups is 2. The monoisotopic (exact) mass is 594 g/mol. The Morgan fingerprint density at radius 2 is 1.79 bits per heavy atom. The van der Waals surface area contributed by atoms with Crippen molar-refractivity contribution in [2.45, 2.75) is 38.0 Å². The lowest BCUT2D eigenvalue weighted by Crippen LogP contribution is -2.26. The Kier molecular flexibility index (Phi) is 7.96. The van der Waals surface area contributed by atoms with Gasteiger partial charge in [-0.3, -0.25) is 14.0 Å². The molecule has 2 amide bonds. The van der Waals surface area contributed by atoms with Crippen LogP contribution in [0.3, 0.4) is 0 Å². The summed E-state index contributed by atoms with van der Waals surface area (Å²) in [4.78, 5) is 35.4. The van der Waals surface area contributed by atoms with Crippen molar-refractivity contribution in [1.29, 1.82) is 0 Å². The van der Waals surface area contributed by atoms with Crippen molar-refractivity contribution in [2.75, 3.05) is 31.3 Å². The minimum absolute atomic E-state index is 0.159. The molecule has 0 spiro atoms. The number of rotatable bonds is 9. The number of ether oxygens (including phenoxy) is 1. The molecular weight excluding hydrogens is 560 g/mol. The van der Waals surface area contributed by atoms with Crippen LogP contribution >= 0.6 is 11.3 Å². The number of fused-ring (bicyclic) bond motifs is 1. The zero-order valence-electron chi connectivity index (χ0n) is 24.2. The van der Waals surface area contributed by atoms with Gasteiger partial charge >= 0.3 is 0 Å². The molecular formula is C33H34N6O3S. The molecule has 2 aromatic carbocycles. The van der Waals surface area contributed by atoms with Gasteiger partial charge in [0, 0.05) is 41.8 Å². The quantitative estimate of drug-likeness (QED) is 0.146. The molecule has 3 heterocycles. The highest BCUT2D eigenvalue weighted by atomic mass is 32.1. The Morgan fingerprint density at radius 3 is 2.53 bits per heavy atom. The largest absolute Gasteiger partial charge is 0.397 e. The van der Waals surface area contributed by atoms with E-state index in [1.54, 1.807) is 42.7 Å². The second-order valence-electron chi connectivity index (χ2n) is 10.9. The Morgan fingerprint density at radius 1 is 1.02 bits per heavy atom. The number of hydrogen-bond acceptors (Lipinski definition) is 7. The number of hydrogen-bond donors (Lipinski definition) is 3. The number of para-hydroxylation sites is 2. The highest BCUT2D eigenvalue weighted by Crippen LogP contribution is 2.48. The number of nitrogens with zero attached hydrogens (tertiary/aromatic N) is 3. The highest BCUT2D eigenvalue weighted by Gasteiger charge is 2.40. The molecule has 1 saturated carbocycles. The summed E-state index contributed by atoms with van der Waals surface area (Å²) in [7, 11) is 1.60. The van der Waals surface area contributed by atoms with Crippen molar-refractivity contribution in [1.82, 2.24) is 19.7 Å². The molecule has 4 N–H and O–H groups in total. The summed E-state index contributed by atoms with van der Waals surface area (Å²) in [5.41, 5.74) is 12.6. The Hall–Kier alpha value is -4.54. The summed E-state index contributed by atoms with van der Waals surface area (Å²) in [6.07, 6.45) is 6.12. The third-order valence-electron chi connectivity index (χ3n) is 8.18. The smallest absolute Gasteiger partial charge is 0.255 e. The molecule has 43 heavy (non-hydrogen) atoms. The van der Waals surface area contributed by atoms with E-state index in [0.717, 1.165) is 47.8 Å². The molecule has 220 valence electrons. The van der Waals surface area contributed by atoms with E-state index in [9.17, 15) is 9.59 Å². The van der Waals surface area contributed by atoms with E-state index in [-0.39, 0.29) is 17.2 Å². The summed E-state index contributed by atoms with van der Waals surface area (Å²) in [6, 6.07) is 18.7. The first kappa shape index (κ1) is 28.6. The lowest BCUT2D eigenvalue weighted by molar-refractivity contribution is 0.0936. The molecule has 1 aliphatic carbocycles. The lowest BCUT2D eigenvalue weighted by atomic mass is 9.79. The maximum absolute atomic E-state index is 12.9. The van der Waals surface area contributed by atoms with Crippen molar-refractivity contribution in [3.63, 3.8) is 0 Å². The van der Waals surface area contributed by atoms with Crippen molar-refractivity contribution < 1.29 is 14.3 Å². The number of benzene rings is 2. The summed E-state index contributed by atoms with van der Waals surface area (Å²) in [5, 5.41) is 8.93. The van der Waals surface area contributed by atoms with E-state index in [1.165, 1.54) is 5.56 Å². The number of aromatic nitrogens is 3. The summed E-state index contributed by atoms with van der Waals surface area (Å²) >= 11 is 1.67. The number of nitrogens with one attached hydrogen (secondary N) is 2. The lowest BCUT2D eigenvalue weighted by Gasteiger charge is -2.27. The SMILES string of the molecule is COCCNC(=O)c1ccn2c(-c3csc(C4(c5ccc(C(=O)Nc6ccccc6N)cc5)CCCC4)n3)c(C)nc2c1. The number of methoxy groups -OCH3 is 1. The average molecular weight is 595 g/mol. The molecule has 0 aliphatic heterocycles. The van der Waals surface area contributed by atoms with E-state index in [2.05, 4.69) is 28.1 Å². The number of nitrogens with two attached hydrogens (primary N) is 1. The Balaban J connectivity index is 1.26. The number of nitrogen functional groups attached to an aromatic ring is 1. The number of imidazole rings is 1. The number of aryl methyl sites for hydroxylation is 1. The Labute approximate surface area is 254 Å². The standard InChI is InChI=1S/C33H34N6O3S/c1-21-29(39-17-13-23(19-28(39)36-21)30(40)35-16-18-42-2)27-20-43-32(38-27)33(14-5-6-15-33)24-11-9-22(10-12-24)31(41)37-26-8-4-3-7-25(26)34/h3-4,7-13,17,19-20H,5-6,14-16,18,34H2,1-2H3,(H,35,40)(H,37,41). The molecule has 0 saturated heterocycles. The number of carbonyl (C=O) groups excluding carboxylic acids is 2. The van der Waals surface area contributed by atoms with E-state index in [0.29, 0.717) is 41.3 Å². The molecule has 6 rings (SSSR count). The van der Waals surface area contributed by atoms with Crippen LogP contribution in [0.15, 0.2) is 72.2 Å². The summed E-state index contributed by atoms with van der Waals surface area (Å²) in [5.74, 6) is -0.353. The molecule has 3 aromatic heterocycles. The van der Waals surface area contributed by atoms with Crippen LogP contribution in [0.4, 0.5) is 11.4 Å². The molecule has 10 heteroatoms. The first-order valence-electron chi connectivity index (χ1n) is 14.4. The fraction of sp³-hybridized carbons (Fsp3) is 0.273. The number of anilines is 2. The van der Waals surface area contributed by atoms with Gasteiger partial charge in [-0.05, 0) is 61.7 Å². The van der Waals surface area contributed by atoms with E-state index < -0.39 is 0 Å². The number of pyridine rings is 1. The number of thiazole rings is 1. The molecule has 0 radical (unpaired) electrons. The topological polar surface area (TPSA) is 124 Å². The van der Waals surface area contributed by atoms with Gasteiger partial charge in [0.25, 0.3) is 11.8 Å². The molecule has 0 bridgehead atoms. The summed E-state index contributed by atoms with van der Waals surface area (Å²) < 4.78 is 7.02. The van der Waals surface area contributed by atoms with Gasteiger partial charge in [0.2, 0.25) is 0 Å². The molecule has 9 nitrogen and oxygen atoms in total. The van der Waals surface area contributed by atoms with Gasteiger partial charge in [0.1, 0.15) is 16.3 Å². The van der Waals surface area contributed by atoms with Crippen LogP contribution in [0, 0.1) is 6.92 Å². The van der Waals surface area contributed by atoms with Crippen molar-refractivity contribution in [2.24, 2.45) is 0 Å². The van der Waals surface area contributed by atoms with E-state index >= 15 is 0 Å². The number of amides is 2. The van der Waals surface area contributed by atoms with Gasteiger partial charge in [-0.15, -0.1) is 11.3 Å². The van der Waals surface area contributed by atoms with Crippen LogP contribution in [0.25, 0.3) is 17.0 Å². The fourth-order valence-electron chi connectivity index (χ4n) is 5.93. The van der Waals surface area contributed by atoms with Gasteiger partial charge in [-0.1, -0.05) is 37.1 Å². The fourth-order valence-corrected chi connectivity index (χ4v) is 7.02. The predicted molar refractivity (Wildman–Crippen MR) is 170 cm³/mol. The van der Waals surface area contributed by atoms with Gasteiger partial charge in [-0.2, -0.15) is 0 Å². The van der Waals surface area contributed by atoms with Gasteiger partial charge < -0.3 is 21.1 Å². The van der Waals surface area contributed by atoms with Gasteiger partial charge in [-0.25, -0.2) is 9.97 Å². The highest BCUT2D eigenvalue weighted by molar-refractivity contribution is 7.10. The summed E-state index contributed by atoms with van der Waals surface area (Å²) in [6.45, 7) is 2.87. The predicted octanol–water partition coefficient (Wildman–Crippen LogP) is 5.84. The Bertz CT molecular complexity index is 1790. The molecule has 0 atom stereocenters. The normalized spacial score (nSPS) is 14.2. The van der Waals surface area contributed by atoms with Crippen LogP contribution in [0.1, 0.15) is 62.7 Å². The zero-order valence-corrected chi connectivity index (χ0v) is 25.0. The third kappa shape index (κ3) is 5.51. The molecule has 0 unspecified atom stereocenters. The maximum Gasteiger partial charge on any atom is 0.255 e. The van der Waals surface area contributed by atoms with Gasteiger partial charge in [0.05, 0.1) is 29.4 Å². The second-order valence-corrected chi connectivity index (χ2v) is 11.7. The third-order valence-corrected chi connectivity index (χ3v) is 9.22. The van der Waals surface area contributed by atoms with Crippen molar-refractivity contribution in [3.05, 3.63) is 99.6 Å². The van der Waals surface area contributed by atoms with Crippen LogP contribution < -0.4 is 16.4 Å². The van der Waals surface area contributed by atoms with Crippen LogP contribution in [-0.4, -0.2) is 46.4 Å². The van der Waals surface area contributed by atoms with Crippen LogP contribution in [0.5, 0.6) is 0 Å².